The molecule has 0 spiro atoms. The highest BCUT2D eigenvalue weighted by Gasteiger charge is 2.61. The number of ether oxygens (including phenoxy) is 2. The summed E-state index contributed by atoms with van der Waals surface area (Å²) in [6.07, 6.45) is 5.55. The van der Waals surface area contributed by atoms with E-state index >= 15 is 0 Å². The number of imidazole rings is 1. The normalized spacial score (nSPS) is 24.2. The smallest absolute Gasteiger partial charge is 0.260 e. The molecule has 1 aliphatic carbocycles. The first-order valence-electron chi connectivity index (χ1n) is 13.9. The van der Waals surface area contributed by atoms with Crippen LogP contribution in [0.1, 0.15) is 68.7 Å². The second kappa shape index (κ2) is 10.6. The van der Waals surface area contributed by atoms with Crippen LogP contribution < -0.4 is 10.6 Å². The van der Waals surface area contributed by atoms with Crippen LogP contribution in [0.5, 0.6) is 0 Å². The van der Waals surface area contributed by atoms with E-state index in [0.717, 1.165) is 50.3 Å². The molecule has 1 aromatic carbocycles. The van der Waals surface area contributed by atoms with Gasteiger partial charge in [-0.3, -0.25) is 9.36 Å². The van der Waals surface area contributed by atoms with Crippen molar-refractivity contribution in [3.05, 3.63) is 35.7 Å². The summed E-state index contributed by atoms with van der Waals surface area (Å²) in [6, 6.07) is 6.64. The lowest BCUT2D eigenvalue weighted by atomic mass is 10.0. The van der Waals surface area contributed by atoms with Crippen molar-refractivity contribution >= 4 is 44.1 Å². The number of fused-ring (bicyclic) bond motifs is 1. The van der Waals surface area contributed by atoms with Crippen LogP contribution >= 0.6 is 0 Å². The molecule has 2 aromatic heterocycles. The number of benzene rings is 1. The van der Waals surface area contributed by atoms with Crippen molar-refractivity contribution in [2.45, 2.75) is 75.0 Å². The number of carbonyl (C=O) groups is 1. The van der Waals surface area contributed by atoms with Crippen molar-refractivity contribution in [3.8, 4) is 0 Å². The molecule has 3 aromatic rings. The van der Waals surface area contributed by atoms with Crippen molar-refractivity contribution in [1.82, 2.24) is 14.5 Å². The van der Waals surface area contributed by atoms with Crippen LogP contribution in [-0.2, 0) is 24.1 Å². The van der Waals surface area contributed by atoms with Gasteiger partial charge in [0.05, 0.1) is 22.4 Å². The molecule has 220 valence electrons. The van der Waals surface area contributed by atoms with Crippen LogP contribution in [-0.4, -0.2) is 54.3 Å². The van der Waals surface area contributed by atoms with Crippen LogP contribution in [0.2, 0.25) is 0 Å². The lowest BCUT2D eigenvalue weighted by molar-refractivity contribution is -0.119. The summed E-state index contributed by atoms with van der Waals surface area (Å²) in [6.45, 7) is 3.02. The maximum Gasteiger partial charge on any atom is 0.260 e. The summed E-state index contributed by atoms with van der Waals surface area (Å²) in [4.78, 5) is 22.0. The molecule has 2 N–H and O–H groups in total. The van der Waals surface area contributed by atoms with E-state index in [0.29, 0.717) is 41.6 Å². The maximum absolute atomic E-state index is 13.6. The highest BCUT2D eigenvalue weighted by Crippen LogP contribution is 2.49. The summed E-state index contributed by atoms with van der Waals surface area (Å²) in [7, 11) is -3.67. The van der Waals surface area contributed by atoms with Crippen LogP contribution in [0.15, 0.2) is 29.2 Å². The Hall–Kier alpha value is -3.16. The first-order chi connectivity index (χ1) is 19.5. The SMILES string of the molecule is Cc1nc2c(Nc3ccc([C@@H]4CCCCO4)cc3S(C)(=O)=O)cc(NC(=O)C3CC3(F)F)nc2n1C1CCCCO1. The number of carbonyl (C=O) groups excluding carboxylic acids is 1. The van der Waals surface area contributed by atoms with Crippen LogP contribution in [0, 0.1) is 12.8 Å². The lowest BCUT2D eigenvalue weighted by Crippen LogP contribution is -2.20. The Bertz CT molecular complexity index is 1600. The highest BCUT2D eigenvalue weighted by atomic mass is 32.2. The van der Waals surface area contributed by atoms with Crippen molar-refractivity contribution in [2.24, 2.45) is 5.92 Å². The minimum absolute atomic E-state index is 0.0535. The molecule has 10 nitrogen and oxygen atoms in total. The standard InChI is InChI=1S/C28H33F2N5O5S/c1-16-31-25-20(32-19-10-9-17(13-22(19)41(2,37)38)21-7-3-5-11-39-21)14-23(34-27(36)18-15-28(18,29)30)33-26(25)35(16)24-8-4-6-12-40-24/h9-10,13-14,18,21,24H,3-8,11-12,15H2,1-2H3,(H2,32,33,34,36)/t18?,21-,24?/m0/s1. The second-order valence-electron chi connectivity index (χ2n) is 11.1. The van der Waals surface area contributed by atoms with Gasteiger partial charge >= 0.3 is 0 Å². The molecule has 0 radical (unpaired) electrons. The third-order valence-electron chi connectivity index (χ3n) is 7.89. The number of sulfone groups is 1. The molecule has 41 heavy (non-hydrogen) atoms. The Morgan fingerprint density at radius 3 is 2.41 bits per heavy atom. The number of hydrogen-bond donors (Lipinski definition) is 2. The number of anilines is 3. The Balaban J connectivity index is 1.42. The average molecular weight is 590 g/mol. The molecule has 13 heteroatoms. The number of aromatic nitrogens is 3. The summed E-state index contributed by atoms with van der Waals surface area (Å²) < 4.78 is 66.7. The van der Waals surface area contributed by atoms with Crippen molar-refractivity contribution in [3.63, 3.8) is 0 Å². The Labute approximate surface area is 236 Å². The van der Waals surface area contributed by atoms with Gasteiger partial charge in [0.25, 0.3) is 5.92 Å². The Morgan fingerprint density at radius 1 is 1.05 bits per heavy atom. The molecule has 4 heterocycles. The minimum atomic E-state index is -3.67. The zero-order chi connectivity index (χ0) is 28.9. The minimum Gasteiger partial charge on any atom is -0.374 e. The number of nitrogens with zero attached hydrogens (tertiary/aromatic N) is 3. The van der Waals surface area contributed by atoms with Gasteiger partial charge in [-0.15, -0.1) is 0 Å². The first kappa shape index (κ1) is 28.0. The summed E-state index contributed by atoms with van der Waals surface area (Å²) >= 11 is 0. The largest absolute Gasteiger partial charge is 0.374 e. The van der Waals surface area contributed by atoms with E-state index < -0.39 is 34.0 Å². The topological polar surface area (TPSA) is 124 Å². The number of aryl methyl sites for hydroxylation is 1. The van der Waals surface area contributed by atoms with Gasteiger partial charge in [0.15, 0.2) is 15.5 Å². The first-order valence-corrected chi connectivity index (χ1v) is 15.8. The van der Waals surface area contributed by atoms with E-state index in [1.54, 1.807) is 12.1 Å². The average Bonchev–Trinajstić information content (AvgIpc) is 3.46. The highest BCUT2D eigenvalue weighted by molar-refractivity contribution is 7.90. The summed E-state index contributed by atoms with van der Waals surface area (Å²) in [5.74, 6) is -4.59. The quantitative estimate of drug-likeness (QED) is 0.374. The van der Waals surface area contributed by atoms with Crippen molar-refractivity contribution < 1.29 is 31.5 Å². The van der Waals surface area contributed by atoms with E-state index in [2.05, 4.69) is 15.6 Å². The van der Waals surface area contributed by atoms with Gasteiger partial charge in [0.1, 0.15) is 29.3 Å². The third-order valence-corrected chi connectivity index (χ3v) is 9.02. The fraction of sp³-hybridized carbons (Fsp3) is 0.536. The number of rotatable bonds is 7. The Kier molecular flexibility index (Phi) is 7.23. The van der Waals surface area contributed by atoms with E-state index in [1.807, 2.05) is 17.6 Å². The second-order valence-corrected chi connectivity index (χ2v) is 13.1. The van der Waals surface area contributed by atoms with Gasteiger partial charge in [-0.05, 0) is 63.1 Å². The van der Waals surface area contributed by atoms with E-state index in [-0.39, 0.29) is 23.0 Å². The molecule has 2 saturated heterocycles. The van der Waals surface area contributed by atoms with E-state index in [4.69, 9.17) is 14.5 Å². The number of hydrogen-bond acceptors (Lipinski definition) is 8. The van der Waals surface area contributed by atoms with E-state index in [9.17, 15) is 22.0 Å². The maximum atomic E-state index is 13.6. The van der Waals surface area contributed by atoms with Gasteiger partial charge in [-0.25, -0.2) is 27.2 Å². The molecular formula is C28H33F2N5O5S. The molecule has 0 bridgehead atoms. The Morgan fingerprint density at radius 2 is 1.78 bits per heavy atom. The van der Waals surface area contributed by atoms with Crippen LogP contribution in [0.25, 0.3) is 11.2 Å². The zero-order valence-corrected chi connectivity index (χ0v) is 23.8. The van der Waals surface area contributed by atoms with Crippen LogP contribution in [0.4, 0.5) is 26.0 Å². The number of nitrogens with one attached hydrogen (secondary N) is 2. The summed E-state index contributed by atoms with van der Waals surface area (Å²) in [5, 5.41) is 5.72. The zero-order valence-electron chi connectivity index (χ0n) is 23.0. The van der Waals surface area contributed by atoms with Gasteiger partial charge in [0, 0.05) is 32.0 Å². The number of halogens is 2. The predicted octanol–water partition coefficient (Wildman–Crippen LogP) is 5.42. The van der Waals surface area contributed by atoms with Crippen molar-refractivity contribution in [2.75, 3.05) is 30.1 Å². The molecule has 1 saturated carbocycles. The van der Waals surface area contributed by atoms with Crippen LogP contribution in [0.3, 0.4) is 0 Å². The number of pyridine rings is 1. The molecule has 2 unspecified atom stereocenters. The molecular weight excluding hydrogens is 556 g/mol. The number of amides is 1. The monoisotopic (exact) mass is 589 g/mol. The third kappa shape index (κ3) is 5.67. The molecule has 2 aliphatic heterocycles. The summed E-state index contributed by atoms with van der Waals surface area (Å²) in [5.41, 5.74) is 2.29. The fourth-order valence-corrected chi connectivity index (χ4v) is 6.48. The van der Waals surface area contributed by atoms with E-state index in [1.165, 1.54) is 6.07 Å². The van der Waals surface area contributed by atoms with Gasteiger partial charge in [-0.1, -0.05) is 6.07 Å². The molecule has 1 amide bonds. The molecule has 3 aliphatic rings. The lowest BCUT2D eigenvalue weighted by Gasteiger charge is -2.25. The van der Waals surface area contributed by atoms with Gasteiger partial charge in [0.2, 0.25) is 5.91 Å². The fourth-order valence-electron chi connectivity index (χ4n) is 5.61. The van der Waals surface area contributed by atoms with Gasteiger partial charge in [-0.2, -0.15) is 0 Å². The molecule has 3 fully saturated rings. The number of alkyl halides is 2. The van der Waals surface area contributed by atoms with Gasteiger partial charge < -0.3 is 20.1 Å². The molecule has 3 atom stereocenters. The predicted molar refractivity (Wildman–Crippen MR) is 148 cm³/mol. The molecule has 6 rings (SSSR count). The van der Waals surface area contributed by atoms with Crippen molar-refractivity contribution in [1.29, 1.82) is 0 Å².